The van der Waals surface area contributed by atoms with Crippen LogP contribution in [0.5, 0.6) is 5.75 Å². The van der Waals surface area contributed by atoms with E-state index < -0.39 is 5.91 Å². The highest BCUT2D eigenvalue weighted by Crippen LogP contribution is 2.40. The lowest BCUT2D eigenvalue weighted by Crippen LogP contribution is -2.15. The summed E-state index contributed by atoms with van der Waals surface area (Å²) in [6.45, 7) is 6.85. The van der Waals surface area contributed by atoms with E-state index in [0.29, 0.717) is 53.2 Å². The number of hydrogen-bond acceptors (Lipinski definition) is 7. The van der Waals surface area contributed by atoms with Gasteiger partial charge >= 0.3 is 0 Å². The number of amides is 1. The first kappa shape index (κ1) is 25.2. The Morgan fingerprint density at radius 1 is 1.26 bits per heavy atom. The summed E-state index contributed by atoms with van der Waals surface area (Å²) in [6, 6.07) is 3.60. The van der Waals surface area contributed by atoms with Crippen molar-refractivity contribution in [2.75, 3.05) is 13.2 Å². The number of hydrogen-bond donors (Lipinski definition) is 3. The topological polar surface area (TPSA) is 150 Å². The maximum absolute atomic E-state index is 12.7. The summed E-state index contributed by atoms with van der Waals surface area (Å²) in [4.78, 5) is 30.2. The van der Waals surface area contributed by atoms with E-state index in [0.717, 1.165) is 22.5 Å². The van der Waals surface area contributed by atoms with Gasteiger partial charge in [-0.3, -0.25) is 9.48 Å². The van der Waals surface area contributed by atoms with Gasteiger partial charge in [-0.2, -0.15) is 5.10 Å². The van der Waals surface area contributed by atoms with E-state index in [1.54, 1.807) is 29.4 Å². The third-order valence-corrected chi connectivity index (χ3v) is 6.31. The van der Waals surface area contributed by atoms with Crippen molar-refractivity contribution in [3.63, 3.8) is 0 Å². The van der Waals surface area contributed by atoms with Crippen LogP contribution in [0.25, 0.3) is 39.1 Å². The van der Waals surface area contributed by atoms with Crippen LogP contribution in [-0.2, 0) is 13.0 Å². The number of nitrogens with two attached hydrogens (primary N) is 1. The Balaban J connectivity index is 1.90. The second-order valence-electron chi connectivity index (χ2n) is 8.88. The van der Waals surface area contributed by atoms with Crippen molar-refractivity contribution in [2.24, 2.45) is 5.73 Å². The van der Waals surface area contributed by atoms with Crippen LogP contribution in [0.1, 0.15) is 42.0 Å². The van der Waals surface area contributed by atoms with Crippen LogP contribution in [0.2, 0.25) is 0 Å². The summed E-state index contributed by atoms with van der Waals surface area (Å²) >= 11 is 0. The smallest absolute Gasteiger partial charge is 0.250 e. The maximum atomic E-state index is 12.7. The highest BCUT2D eigenvalue weighted by atomic mass is 16.5. The van der Waals surface area contributed by atoms with Crippen LogP contribution in [0.15, 0.2) is 43.0 Å². The van der Waals surface area contributed by atoms with Gasteiger partial charge in [0.25, 0.3) is 5.91 Å². The predicted molar refractivity (Wildman–Crippen MR) is 144 cm³/mol. The highest BCUT2D eigenvalue weighted by molar-refractivity contribution is 6.17. The van der Waals surface area contributed by atoms with Crippen LogP contribution < -0.4 is 10.5 Å². The van der Waals surface area contributed by atoms with Crippen LogP contribution in [0, 0.1) is 6.92 Å². The third kappa shape index (κ3) is 4.41. The molecule has 0 radical (unpaired) electrons. The Labute approximate surface area is 219 Å². The fourth-order valence-corrected chi connectivity index (χ4v) is 4.66. The van der Waals surface area contributed by atoms with Crippen molar-refractivity contribution in [1.29, 1.82) is 0 Å². The van der Waals surface area contributed by atoms with E-state index in [-0.39, 0.29) is 18.8 Å². The number of aryl methyl sites for hydroxylation is 2. The molecule has 1 amide bonds. The zero-order valence-corrected chi connectivity index (χ0v) is 21.6. The number of primary amides is 1. The molecule has 0 atom stereocenters. The summed E-state index contributed by atoms with van der Waals surface area (Å²) < 4.78 is 9.67. The fraction of sp³-hybridized carbons (Fsp3) is 0.296. The molecule has 0 fully saturated rings. The quantitative estimate of drug-likeness (QED) is 0.191. The molecule has 4 heterocycles. The van der Waals surface area contributed by atoms with Gasteiger partial charge in [0.15, 0.2) is 5.82 Å². The number of nitrogens with zero attached hydrogens (tertiary/aromatic N) is 6. The van der Waals surface area contributed by atoms with E-state index in [1.807, 2.05) is 43.7 Å². The lowest BCUT2D eigenvalue weighted by atomic mass is 10.0. The molecule has 38 heavy (non-hydrogen) atoms. The zero-order chi connectivity index (χ0) is 26.8. The van der Waals surface area contributed by atoms with Gasteiger partial charge < -0.3 is 25.1 Å². The van der Waals surface area contributed by atoms with Gasteiger partial charge in [-0.05, 0) is 32.9 Å². The SMILES string of the molecule is CC=CCc1nc(-c2cc(C)nn2CC)nc2[nH]c3c(OCCCO)cc(C(N)=O)c(-n4ccnc4)c3c12. The summed E-state index contributed by atoms with van der Waals surface area (Å²) in [7, 11) is 0. The summed E-state index contributed by atoms with van der Waals surface area (Å²) in [5, 5.41) is 15.3. The van der Waals surface area contributed by atoms with Gasteiger partial charge in [-0.25, -0.2) is 15.0 Å². The number of aromatic nitrogens is 7. The average Bonchev–Trinajstić information content (AvgIpc) is 3.65. The van der Waals surface area contributed by atoms with E-state index in [9.17, 15) is 9.90 Å². The number of H-pyrrole nitrogens is 1. The summed E-state index contributed by atoms with van der Waals surface area (Å²) in [5.74, 6) is 0.386. The molecule has 11 heteroatoms. The molecular weight excluding hydrogens is 484 g/mol. The van der Waals surface area contributed by atoms with Crippen molar-refractivity contribution in [2.45, 2.75) is 40.2 Å². The van der Waals surface area contributed by atoms with Gasteiger partial charge in [0.2, 0.25) is 0 Å². The Morgan fingerprint density at radius 3 is 2.79 bits per heavy atom. The number of ether oxygens (including phenoxy) is 1. The Hall–Kier alpha value is -4.51. The van der Waals surface area contributed by atoms with Gasteiger partial charge in [0.05, 0.1) is 46.5 Å². The molecule has 0 aliphatic carbocycles. The molecule has 0 aliphatic heterocycles. The van der Waals surface area contributed by atoms with Crippen molar-refractivity contribution in [3.05, 3.63) is 60.0 Å². The van der Waals surface area contributed by atoms with Crippen LogP contribution in [0.3, 0.4) is 0 Å². The molecule has 5 rings (SSSR count). The Kier molecular flexibility index (Phi) is 6.93. The van der Waals surface area contributed by atoms with E-state index in [4.69, 9.17) is 20.4 Å². The largest absolute Gasteiger partial charge is 0.491 e. The fourth-order valence-electron chi connectivity index (χ4n) is 4.66. The number of fused-ring (bicyclic) bond motifs is 3. The standard InChI is InChI=1S/C27H30N8O3/c1-4-6-8-18-21-22-23(31-27(21)32-26(30-18)19-13-16(3)33-35(19)5-2)20(38-12-7-11-36)14-17(25(28)37)24(22)34-10-9-29-15-34/h4,6,9-10,13-15,36H,5,7-8,11-12H2,1-3H3,(H2,28,37)(H,30,31,32). The van der Waals surface area contributed by atoms with Gasteiger partial charge in [0, 0.05) is 43.8 Å². The second-order valence-corrected chi connectivity index (χ2v) is 8.88. The number of nitrogens with one attached hydrogen (secondary N) is 1. The first-order valence-electron chi connectivity index (χ1n) is 12.5. The molecule has 0 saturated carbocycles. The number of carbonyl (C=O) groups excluding carboxylic acids is 1. The Bertz CT molecular complexity index is 1650. The molecule has 4 aromatic heterocycles. The highest BCUT2D eigenvalue weighted by Gasteiger charge is 2.25. The van der Waals surface area contributed by atoms with E-state index in [1.165, 1.54) is 0 Å². The van der Waals surface area contributed by atoms with Crippen molar-refractivity contribution < 1.29 is 14.6 Å². The predicted octanol–water partition coefficient (Wildman–Crippen LogP) is 3.47. The number of imidazole rings is 1. The average molecular weight is 515 g/mol. The lowest BCUT2D eigenvalue weighted by Gasteiger charge is -2.15. The van der Waals surface area contributed by atoms with Crippen molar-refractivity contribution >= 4 is 27.8 Å². The second kappa shape index (κ2) is 10.5. The first-order chi connectivity index (χ1) is 18.5. The minimum Gasteiger partial charge on any atom is -0.491 e. The van der Waals surface area contributed by atoms with Gasteiger partial charge in [0.1, 0.15) is 17.1 Å². The number of aromatic amines is 1. The first-order valence-corrected chi connectivity index (χ1v) is 12.5. The van der Waals surface area contributed by atoms with Crippen LogP contribution in [0.4, 0.5) is 0 Å². The molecule has 0 spiro atoms. The molecule has 0 saturated heterocycles. The zero-order valence-electron chi connectivity index (χ0n) is 21.6. The Morgan fingerprint density at radius 2 is 2.11 bits per heavy atom. The van der Waals surface area contributed by atoms with Gasteiger partial charge in [-0.1, -0.05) is 12.2 Å². The molecule has 196 valence electrons. The molecule has 0 bridgehead atoms. The lowest BCUT2D eigenvalue weighted by molar-refractivity contribution is 0.1000. The molecule has 5 aromatic rings. The van der Waals surface area contributed by atoms with E-state index in [2.05, 4.69) is 15.1 Å². The van der Waals surface area contributed by atoms with Crippen molar-refractivity contribution in [3.8, 4) is 23.0 Å². The molecule has 4 N–H and O–H groups in total. The molecule has 11 nitrogen and oxygen atoms in total. The van der Waals surface area contributed by atoms with Gasteiger partial charge in [-0.15, -0.1) is 0 Å². The number of rotatable bonds is 10. The van der Waals surface area contributed by atoms with Crippen LogP contribution >= 0.6 is 0 Å². The number of benzene rings is 1. The summed E-state index contributed by atoms with van der Waals surface area (Å²) in [6.07, 6.45) is 10.00. The molecular formula is C27H30N8O3. The normalized spacial score (nSPS) is 11.8. The molecule has 0 unspecified atom stereocenters. The third-order valence-electron chi connectivity index (χ3n) is 6.31. The van der Waals surface area contributed by atoms with E-state index >= 15 is 0 Å². The molecule has 1 aromatic carbocycles. The monoisotopic (exact) mass is 514 g/mol. The van der Waals surface area contributed by atoms with Crippen molar-refractivity contribution in [1.82, 2.24) is 34.3 Å². The number of aliphatic hydroxyl groups excluding tert-OH is 1. The number of allylic oxidation sites excluding steroid dienone is 2. The molecule has 0 aliphatic rings. The summed E-state index contributed by atoms with van der Waals surface area (Å²) in [5.41, 5.74) is 10.4. The number of aliphatic hydroxyl groups is 1. The minimum atomic E-state index is -0.605. The maximum Gasteiger partial charge on any atom is 0.250 e. The minimum absolute atomic E-state index is 0.0154. The number of carbonyl (C=O) groups is 1. The van der Waals surface area contributed by atoms with Crippen LogP contribution in [-0.4, -0.2) is 58.5 Å².